The maximum absolute atomic E-state index is 12.5. The fraction of sp³-hybridized carbons (Fsp3) is 0.120. The standard InChI is InChI=1S/C25H20ClNO4/c1-15(28)27-14-18-12-22(20-5-3-4-6-21(20)25(29)30)24(31-2)13-16(18)7-8-17-11-19(26)9-10-23(17)27/h3-13H,14H2,1-2H3,(H,29,30). The summed E-state index contributed by atoms with van der Waals surface area (Å²) < 4.78 is 5.61. The fourth-order valence-corrected chi connectivity index (χ4v) is 4.02. The van der Waals surface area contributed by atoms with E-state index in [2.05, 4.69) is 0 Å². The Morgan fingerprint density at radius 1 is 1.00 bits per heavy atom. The van der Waals surface area contributed by atoms with Crippen molar-refractivity contribution >= 4 is 41.3 Å². The highest BCUT2D eigenvalue weighted by molar-refractivity contribution is 6.30. The Bertz CT molecular complexity index is 1230. The van der Waals surface area contributed by atoms with Crippen LogP contribution in [-0.4, -0.2) is 24.1 Å². The van der Waals surface area contributed by atoms with Gasteiger partial charge in [0.25, 0.3) is 0 Å². The first kappa shape index (κ1) is 20.7. The number of hydrogen-bond acceptors (Lipinski definition) is 3. The quantitative estimate of drug-likeness (QED) is 0.571. The number of aromatic carboxylic acids is 1. The molecule has 3 aromatic rings. The molecule has 0 fully saturated rings. The van der Waals surface area contributed by atoms with Gasteiger partial charge in [-0.25, -0.2) is 4.79 Å². The minimum absolute atomic E-state index is 0.104. The Hall–Kier alpha value is -3.57. The van der Waals surface area contributed by atoms with Crippen LogP contribution < -0.4 is 9.64 Å². The number of methoxy groups -OCH3 is 1. The lowest BCUT2D eigenvalue weighted by atomic mass is 9.93. The van der Waals surface area contributed by atoms with Crippen molar-refractivity contribution in [2.75, 3.05) is 12.0 Å². The molecule has 1 N–H and O–H groups in total. The van der Waals surface area contributed by atoms with Gasteiger partial charge in [0.15, 0.2) is 0 Å². The molecule has 6 heteroatoms. The van der Waals surface area contributed by atoms with Crippen molar-refractivity contribution in [3.63, 3.8) is 0 Å². The number of carbonyl (C=O) groups is 2. The summed E-state index contributed by atoms with van der Waals surface area (Å²) in [5, 5.41) is 10.2. The highest BCUT2D eigenvalue weighted by Crippen LogP contribution is 2.38. The maximum atomic E-state index is 12.5. The van der Waals surface area contributed by atoms with E-state index in [1.54, 1.807) is 42.3 Å². The van der Waals surface area contributed by atoms with Crippen molar-refractivity contribution in [2.24, 2.45) is 0 Å². The SMILES string of the molecule is COc1cc2c(cc1-c1ccccc1C(=O)O)CN(C(C)=O)c1ccc(Cl)cc1C=C2. The first-order valence-electron chi connectivity index (χ1n) is 9.68. The molecule has 156 valence electrons. The number of rotatable bonds is 3. The molecule has 0 saturated heterocycles. The number of ether oxygens (including phenoxy) is 1. The fourth-order valence-electron chi connectivity index (χ4n) is 3.84. The molecule has 0 saturated carbocycles. The van der Waals surface area contributed by atoms with Gasteiger partial charge < -0.3 is 14.7 Å². The van der Waals surface area contributed by atoms with E-state index in [1.165, 1.54) is 6.92 Å². The number of carboxylic acid groups (broad SMARTS) is 1. The molecule has 0 aliphatic carbocycles. The maximum Gasteiger partial charge on any atom is 0.336 e. The zero-order valence-corrected chi connectivity index (χ0v) is 17.8. The number of amides is 1. The van der Waals surface area contributed by atoms with Crippen LogP contribution in [0.5, 0.6) is 5.75 Å². The van der Waals surface area contributed by atoms with Gasteiger partial charge in [-0.05, 0) is 58.7 Å². The Balaban J connectivity index is 1.94. The number of carboxylic acids is 1. The first-order chi connectivity index (χ1) is 14.9. The highest BCUT2D eigenvalue weighted by atomic mass is 35.5. The lowest BCUT2D eigenvalue weighted by molar-refractivity contribution is -0.116. The molecule has 0 unspecified atom stereocenters. The number of halogens is 1. The number of nitrogens with zero attached hydrogens (tertiary/aromatic N) is 1. The van der Waals surface area contributed by atoms with Gasteiger partial charge in [-0.2, -0.15) is 0 Å². The van der Waals surface area contributed by atoms with Gasteiger partial charge in [0.1, 0.15) is 5.75 Å². The number of anilines is 1. The van der Waals surface area contributed by atoms with Crippen molar-refractivity contribution in [2.45, 2.75) is 13.5 Å². The molecule has 0 bridgehead atoms. The van der Waals surface area contributed by atoms with Crippen molar-refractivity contribution in [3.8, 4) is 16.9 Å². The molecular weight excluding hydrogens is 414 g/mol. The van der Waals surface area contributed by atoms with Crippen LogP contribution in [0.25, 0.3) is 23.3 Å². The second kappa shape index (κ2) is 8.28. The van der Waals surface area contributed by atoms with Gasteiger partial charge in [-0.1, -0.05) is 42.0 Å². The van der Waals surface area contributed by atoms with Crippen molar-refractivity contribution < 1.29 is 19.4 Å². The molecule has 1 aliphatic rings. The van der Waals surface area contributed by atoms with E-state index in [1.807, 2.05) is 36.4 Å². The summed E-state index contributed by atoms with van der Waals surface area (Å²) in [6.07, 6.45) is 3.87. The molecule has 1 amide bonds. The molecule has 0 spiro atoms. The van der Waals surface area contributed by atoms with Crippen LogP contribution in [-0.2, 0) is 11.3 Å². The Morgan fingerprint density at radius 2 is 1.74 bits per heavy atom. The van der Waals surface area contributed by atoms with E-state index in [-0.39, 0.29) is 11.5 Å². The summed E-state index contributed by atoms with van der Waals surface area (Å²) >= 11 is 6.17. The van der Waals surface area contributed by atoms with Crippen LogP contribution >= 0.6 is 11.6 Å². The molecule has 3 aromatic carbocycles. The normalized spacial score (nSPS) is 12.4. The Labute approximate surface area is 185 Å². The average Bonchev–Trinajstić information content (AvgIpc) is 2.74. The molecule has 4 rings (SSSR count). The van der Waals surface area contributed by atoms with Gasteiger partial charge in [0.2, 0.25) is 5.91 Å². The number of carbonyl (C=O) groups excluding carboxylic acids is 1. The summed E-state index contributed by atoms with van der Waals surface area (Å²) in [6, 6.07) is 16.0. The van der Waals surface area contributed by atoms with Crippen LogP contribution in [0.3, 0.4) is 0 Å². The topological polar surface area (TPSA) is 66.8 Å². The summed E-state index contributed by atoms with van der Waals surface area (Å²) in [5.41, 5.74) is 4.77. The number of benzene rings is 3. The smallest absolute Gasteiger partial charge is 0.336 e. The van der Waals surface area contributed by atoms with Crippen molar-refractivity contribution in [1.29, 1.82) is 0 Å². The molecular formula is C25H20ClNO4. The van der Waals surface area contributed by atoms with Gasteiger partial charge in [-0.3, -0.25) is 4.79 Å². The molecule has 1 heterocycles. The third-order valence-electron chi connectivity index (χ3n) is 5.34. The first-order valence-corrected chi connectivity index (χ1v) is 10.1. The van der Waals surface area contributed by atoms with Gasteiger partial charge in [0.05, 0.1) is 24.9 Å². The predicted molar refractivity (Wildman–Crippen MR) is 123 cm³/mol. The zero-order chi connectivity index (χ0) is 22.1. The molecule has 0 radical (unpaired) electrons. The summed E-state index contributed by atoms with van der Waals surface area (Å²) in [6.45, 7) is 1.85. The molecule has 1 aliphatic heterocycles. The third kappa shape index (κ3) is 3.92. The summed E-state index contributed by atoms with van der Waals surface area (Å²) in [4.78, 5) is 26.0. The second-order valence-corrected chi connectivity index (χ2v) is 7.68. The van der Waals surface area contributed by atoms with E-state index >= 15 is 0 Å². The zero-order valence-electron chi connectivity index (χ0n) is 17.1. The van der Waals surface area contributed by atoms with Gasteiger partial charge in [-0.15, -0.1) is 0 Å². The van der Waals surface area contributed by atoms with Crippen LogP contribution in [0.1, 0.15) is 34.0 Å². The van der Waals surface area contributed by atoms with E-state index in [9.17, 15) is 14.7 Å². The minimum atomic E-state index is -1.01. The number of hydrogen-bond donors (Lipinski definition) is 1. The Kier molecular flexibility index (Phi) is 5.53. The molecule has 31 heavy (non-hydrogen) atoms. The van der Waals surface area contributed by atoms with Crippen LogP contribution in [0, 0.1) is 0 Å². The second-order valence-electron chi connectivity index (χ2n) is 7.24. The van der Waals surface area contributed by atoms with Crippen molar-refractivity contribution in [1.82, 2.24) is 0 Å². The highest BCUT2D eigenvalue weighted by Gasteiger charge is 2.22. The van der Waals surface area contributed by atoms with Gasteiger partial charge >= 0.3 is 5.97 Å². The lowest BCUT2D eigenvalue weighted by Crippen LogP contribution is -2.29. The predicted octanol–water partition coefficient (Wildman–Crippen LogP) is 5.75. The van der Waals surface area contributed by atoms with Crippen LogP contribution in [0.4, 0.5) is 5.69 Å². The number of fused-ring (bicyclic) bond motifs is 2. The monoisotopic (exact) mass is 433 g/mol. The molecule has 5 nitrogen and oxygen atoms in total. The van der Waals surface area contributed by atoms with Gasteiger partial charge in [0, 0.05) is 17.5 Å². The summed E-state index contributed by atoms with van der Waals surface area (Å²) in [5.74, 6) is -0.563. The van der Waals surface area contributed by atoms with E-state index < -0.39 is 5.97 Å². The third-order valence-corrected chi connectivity index (χ3v) is 5.58. The van der Waals surface area contributed by atoms with Crippen LogP contribution in [0.15, 0.2) is 54.6 Å². The summed E-state index contributed by atoms with van der Waals surface area (Å²) in [7, 11) is 1.55. The minimum Gasteiger partial charge on any atom is -0.496 e. The van der Waals surface area contributed by atoms with Crippen LogP contribution in [0.2, 0.25) is 5.02 Å². The van der Waals surface area contributed by atoms with E-state index in [4.69, 9.17) is 16.3 Å². The lowest BCUT2D eigenvalue weighted by Gasteiger charge is -2.27. The molecule has 0 atom stereocenters. The van der Waals surface area contributed by atoms with E-state index in [0.717, 1.165) is 22.4 Å². The molecule has 0 aromatic heterocycles. The Morgan fingerprint density at radius 3 is 2.45 bits per heavy atom. The largest absolute Gasteiger partial charge is 0.496 e. The van der Waals surface area contributed by atoms with E-state index in [0.29, 0.717) is 28.4 Å². The van der Waals surface area contributed by atoms with Crippen molar-refractivity contribution in [3.05, 3.63) is 81.9 Å². The average molecular weight is 434 g/mol.